The molecule has 4 rings (SSSR count). The van der Waals surface area contributed by atoms with Crippen LogP contribution in [0, 0.1) is 5.82 Å². The van der Waals surface area contributed by atoms with Gasteiger partial charge in [0.2, 0.25) is 5.13 Å². The largest absolute Gasteiger partial charge is 0.490 e. The first-order chi connectivity index (χ1) is 17.9. The zero-order valence-electron chi connectivity index (χ0n) is 18.8. The first-order valence-corrected chi connectivity index (χ1v) is 11.4. The van der Waals surface area contributed by atoms with Crippen molar-refractivity contribution in [1.82, 2.24) is 24.9 Å². The number of hydrogen-bond donors (Lipinski definition) is 6. The number of aliphatic hydroxyl groups is 2. The molecule has 4 aromatic rings. The number of hydrogen-bond acceptors (Lipinski definition) is 9. The van der Waals surface area contributed by atoms with Crippen LogP contribution in [0.2, 0.25) is 5.02 Å². The van der Waals surface area contributed by atoms with Gasteiger partial charge in [-0.3, -0.25) is 9.89 Å². The fraction of sp³-hybridized carbons (Fsp3) is 0.190. The molecule has 1 amide bonds. The summed E-state index contributed by atoms with van der Waals surface area (Å²) in [6.07, 6.45) is -3.46. The zero-order chi connectivity index (χ0) is 28.0. The molecule has 2 heterocycles. The Bertz CT molecular complexity index is 1440. The van der Waals surface area contributed by atoms with E-state index in [4.69, 9.17) is 31.7 Å². The molecule has 11 nitrogen and oxygen atoms in total. The number of aliphatic hydroxyl groups excluding tert-OH is 2. The second-order valence-corrected chi connectivity index (χ2v) is 8.47. The number of carboxylic acids is 1. The minimum atomic E-state index is -5.08. The van der Waals surface area contributed by atoms with Gasteiger partial charge in [0.15, 0.2) is 5.82 Å². The van der Waals surface area contributed by atoms with E-state index in [2.05, 4.69) is 30.2 Å². The van der Waals surface area contributed by atoms with Crippen LogP contribution in [0.1, 0.15) is 10.4 Å². The van der Waals surface area contributed by atoms with Crippen molar-refractivity contribution >= 4 is 56.7 Å². The molecule has 0 unspecified atom stereocenters. The van der Waals surface area contributed by atoms with E-state index in [1.165, 1.54) is 12.1 Å². The van der Waals surface area contributed by atoms with Crippen LogP contribution in [-0.2, 0) is 4.79 Å². The number of halogens is 5. The van der Waals surface area contributed by atoms with E-state index in [-0.39, 0.29) is 5.56 Å². The Morgan fingerprint density at radius 2 is 1.84 bits per heavy atom. The molecule has 17 heteroatoms. The number of aliphatic carboxylic acids is 1. The molecule has 0 atom stereocenters. The summed E-state index contributed by atoms with van der Waals surface area (Å²) in [6, 6.07) is 6.62. The number of alkyl halides is 3. The normalized spacial score (nSPS) is 11.3. The highest BCUT2D eigenvalue weighted by molar-refractivity contribution is 7.10. The van der Waals surface area contributed by atoms with Gasteiger partial charge in [0.1, 0.15) is 5.82 Å². The number of aromatic amines is 1. The summed E-state index contributed by atoms with van der Waals surface area (Å²) < 4.78 is 50.2. The lowest BCUT2D eigenvalue weighted by molar-refractivity contribution is -0.192. The first-order valence-electron chi connectivity index (χ1n) is 10.3. The quantitative estimate of drug-likeness (QED) is 0.180. The standard InChI is InChI=1S/C19H16ClFN6O3S.C2HF3O2/c20-16-12-6-22-26-14(12)3-4-15(16)24-19-25-17(27-31-19)9-1-2-13(21)11(5-9)18(30)23-10(7-28)8-29;3-2(4,5)1(6)7/h1-6,10,28-29H,7-8H2,(H,22,26)(H,23,30)(H,24,25,27);(H,6,7). The van der Waals surface area contributed by atoms with Crippen LogP contribution in [0.25, 0.3) is 22.3 Å². The van der Waals surface area contributed by atoms with Gasteiger partial charge in [-0.1, -0.05) is 11.6 Å². The first kappa shape index (κ1) is 28.7. The second kappa shape index (κ2) is 12.1. The van der Waals surface area contributed by atoms with Crippen LogP contribution in [0.4, 0.5) is 28.4 Å². The molecule has 2 aromatic carbocycles. The Balaban J connectivity index is 0.000000505. The van der Waals surface area contributed by atoms with E-state index in [9.17, 15) is 22.4 Å². The molecule has 0 spiro atoms. The van der Waals surface area contributed by atoms with Gasteiger partial charge in [-0.25, -0.2) is 9.18 Å². The number of carboxylic acid groups (broad SMARTS) is 1. The molecule has 6 N–H and O–H groups in total. The van der Waals surface area contributed by atoms with Gasteiger partial charge in [0.25, 0.3) is 5.91 Å². The summed E-state index contributed by atoms with van der Waals surface area (Å²) in [5, 5.41) is 39.3. The lowest BCUT2D eigenvalue weighted by atomic mass is 10.1. The highest BCUT2D eigenvalue weighted by Crippen LogP contribution is 2.33. The van der Waals surface area contributed by atoms with Crippen molar-refractivity contribution in [3.05, 3.63) is 52.9 Å². The summed E-state index contributed by atoms with van der Waals surface area (Å²) in [5.74, 6) is -3.97. The maximum absolute atomic E-state index is 14.2. The third kappa shape index (κ3) is 6.91. The Morgan fingerprint density at radius 3 is 2.47 bits per heavy atom. The summed E-state index contributed by atoms with van der Waals surface area (Å²) in [5.41, 5.74) is 1.60. The van der Waals surface area contributed by atoms with Gasteiger partial charge >= 0.3 is 12.1 Å². The molecule has 0 aliphatic heterocycles. The monoisotopic (exact) mass is 576 g/mol. The average molecular weight is 577 g/mol. The van der Waals surface area contributed by atoms with E-state index in [1.807, 2.05) is 6.07 Å². The number of fused-ring (bicyclic) bond motifs is 1. The van der Waals surface area contributed by atoms with Crippen LogP contribution < -0.4 is 10.6 Å². The fourth-order valence-corrected chi connectivity index (χ4v) is 3.70. The molecule has 0 saturated carbocycles. The molecule has 0 aliphatic carbocycles. The van der Waals surface area contributed by atoms with Crippen LogP contribution in [0.3, 0.4) is 0 Å². The van der Waals surface area contributed by atoms with Gasteiger partial charge < -0.3 is 26.0 Å². The number of anilines is 2. The van der Waals surface area contributed by atoms with Crippen molar-refractivity contribution in [2.24, 2.45) is 0 Å². The van der Waals surface area contributed by atoms with E-state index in [0.29, 0.717) is 27.2 Å². The number of benzene rings is 2. The predicted octanol–water partition coefficient (Wildman–Crippen LogP) is 3.33. The molecule has 38 heavy (non-hydrogen) atoms. The predicted molar refractivity (Wildman–Crippen MR) is 129 cm³/mol. The van der Waals surface area contributed by atoms with E-state index >= 15 is 0 Å². The number of amides is 1. The minimum Gasteiger partial charge on any atom is -0.475 e. The smallest absolute Gasteiger partial charge is 0.475 e. The third-order valence-corrected chi connectivity index (χ3v) is 5.75. The minimum absolute atomic E-state index is 0.248. The Labute approximate surface area is 219 Å². The third-order valence-electron chi connectivity index (χ3n) is 4.71. The van der Waals surface area contributed by atoms with Gasteiger partial charge in [-0.05, 0) is 30.3 Å². The molecule has 0 bridgehead atoms. The molecular weight excluding hydrogens is 560 g/mol. The number of nitrogens with zero attached hydrogens (tertiary/aromatic N) is 3. The van der Waals surface area contributed by atoms with Crippen LogP contribution in [0.15, 0.2) is 36.5 Å². The van der Waals surface area contributed by atoms with Crippen molar-refractivity contribution in [3.8, 4) is 11.4 Å². The SMILES string of the molecule is O=C(NC(CO)CO)c1cc(-c2nsc(Nc3ccc4[nH]ncc4c3Cl)n2)ccc1F.O=C(O)C(F)(F)F. The van der Waals surface area contributed by atoms with Crippen molar-refractivity contribution in [2.45, 2.75) is 12.2 Å². The molecule has 0 fully saturated rings. The van der Waals surface area contributed by atoms with Gasteiger partial charge in [-0.15, -0.1) is 0 Å². The average Bonchev–Trinajstić information content (AvgIpc) is 3.54. The fourth-order valence-electron chi connectivity index (χ4n) is 2.84. The lowest BCUT2D eigenvalue weighted by Gasteiger charge is -2.13. The molecule has 0 radical (unpaired) electrons. The number of aromatic nitrogens is 4. The van der Waals surface area contributed by atoms with Crippen molar-refractivity contribution < 1.29 is 42.5 Å². The molecule has 202 valence electrons. The van der Waals surface area contributed by atoms with E-state index in [1.54, 1.807) is 12.3 Å². The molecule has 0 aliphatic rings. The number of carbonyl (C=O) groups excluding carboxylic acids is 1. The van der Waals surface area contributed by atoms with E-state index < -0.39 is 43.1 Å². The number of carbonyl (C=O) groups is 2. The summed E-state index contributed by atoms with van der Waals surface area (Å²) >= 11 is 7.48. The Morgan fingerprint density at radius 1 is 1.16 bits per heavy atom. The second-order valence-electron chi connectivity index (χ2n) is 7.34. The molecule has 0 saturated heterocycles. The highest BCUT2D eigenvalue weighted by Gasteiger charge is 2.38. The van der Waals surface area contributed by atoms with Gasteiger partial charge in [0, 0.05) is 22.5 Å². The maximum Gasteiger partial charge on any atom is 0.490 e. The number of nitrogens with one attached hydrogen (secondary N) is 3. The Hall–Kier alpha value is -3.86. The van der Waals surface area contributed by atoms with Crippen LogP contribution in [-0.4, -0.2) is 72.2 Å². The highest BCUT2D eigenvalue weighted by atomic mass is 35.5. The van der Waals surface area contributed by atoms with Gasteiger partial charge in [0.05, 0.1) is 47.2 Å². The number of rotatable bonds is 7. The van der Waals surface area contributed by atoms with Crippen LogP contribution in [0.5, 0.6) is 0 Å². The van der Waals surface area contributed by atoms with Crippen LogP contribution >= 0.6 is 23.1 Å². The molecular formula is C21H17ClF4N6O5S. The topological polar surface area (TPSA) is 173 Å². The summed E-state index contributed by atoms with van der Waals surface area (Å²) in [7, 11) is 0. The summed E-state index contributed by atoms with van der Waals surface area (Å²) in [4.78, 5) is 25.6. The van der Waals surface area contributed by atoms with Gasteiger partial charge in [-0.2, -0.15) is 27.6 Å². The zero-order valence-corrected chi connectivity index (χ0v) is 20.3. The summed E-state index contributed by atoms with van der Waals surface area (Å²) in [6.45, 7) is -0.946. The van der Waals surface area contributed by atoms with Crippen molar-refractivity contribution in [3.63, 3.8) is 0 Å². The molecule has 2 aromatic heterocycles. The number of H-pyrrole nitrogens is 1. The van der Waals surface area contributed by atoms with E-state index in [0.717, 1.165) is 28.5 Å². The lowest BCUT2D eigenvalue weighted by Crippen LogP contribution is -2.40. The van der Waals surface area contributed by atoms with Crippen molar-refractivity contribution in [2.75, 3.05) is 18.5 Å². The maximum atomic E-state index is 14.2. The van der Waals surface area contributed by atoms with Crippen molar-refractivity contribution in [1.29, 1.82) is 0 Å². The Kier molecular flexibility index (Phi) is 9.16.